The zero-order valence-electron chi connectivity index (χ0n) is 5.29. The van der Waals surface area contributed by atoms with Crippen molar-refractivity contribution >= 4 is 11.8 Å². The Bertz CT molecular complexity index is 229. The lowest BCUT2D eigenvalue weighted by atomic mass is 10.5. The van der Waals surface area contributed by atoms with Crippen LogP contribution in [0.25, 0.3) is 0 Å². The maximum Gasteiger partial charge on any atom is 0.168 e. The van der Waals surface area contributed by atoms with Gasteiger partial charge in [-0.15, -0.1) is 0 Å². The summed E-state index contributed by atoms with van der Waals surface area (Å²) in [6.07, 6.45) is 1.93. The van der Waals surface area contributed by atoms with Crippen molar-refractivity contribution in [1.29, 1.82) is 0 Å². The lowest BCUT2D eigenvalue weighted by molar-refractivity contribution is 0.698. The van der Waals surface area contributed by atoms with Crippen LogP contribution >= 0.6 is 11.8 Å². The predicted molar refractivity (Wildman–Crippen MR) is 37.7 cm³/mol. The van der Waals surface area contributed by atoms with E-state index in [1.54, 1.807) is 0 Å². The van der Waals surface area contributed by atoms with E-state index >= 15 is 0 Å². The normalized spacial score (nSPS) is 16.1. The fourth-order valence-electron chi connectivity index (χ4n) is 1.05. The topological polar surface area (TPSA) is 17.8 Å². The largest absolute Gasteiger partial charge is 0.323 e. The summed E-state index contributed by atoms with van der Waals surface area (Å²) in [5.41, 5.74) is 1.29. The number of hydrogen-bond acceptors (Lipinski definition) is 2. The van der Waals surface area contributed by atoms with Gasteiger partial charge in [0.25, 0.3) is 0 Å². The van der Waals surface area contributed by atoms with Crippen LogP contribution in [0.2, 0.25) is 0 Å². The highest BCUT2D eigenvalue weighted by molar-refractivity contribution is 7.99. The van der Waals surface area contributed by atoms with E-state index in [4.69, 9.17) is 0 Å². The van der Waals surface area contributed by atoms with Crippen molar-refractivity contribution in [2.75, 3.05) is 5.75 Å². The monoisotopic (exact) mass is 140 g/mol. The molecule has 0 bridgehead atoms. The van der Waals surface area contributed by atoms with Crippen LogP contribution in [0.1, 0.15) is 5.69 Å². The molecule has 0 spiro atoms. The standard InChI is InChI=1S/C6H8N2S/c1-5-4-7-6-8(5)2-3-9-6/h4H,2-3H2,1H3. The minimum atomic E-state index is 1.14. The number of hydrogen-bond donors (Lipinski definition) is 0. The van der Waals surface area contributed by atoms with Crippen LogP contribution in [0.15, 0.2) is 11.4 Å². The van der Waals surface area contributed by atoms with Gasteiger partial charge in [-0.3, -0.25) is 0 Å². The molecule has 1 aromatic heterocycles. The average molecular weight is 140 g/mol. The molecule has 0 atom stereocenters. The van der Waals surface area contributed by atoms with Gasteiger partial charge in [0.15, 0.2) is 5.16 Å². The Kier molecular flexibility index (Phi) is 1.05. The second-order valence-corrected chi connectivity index (χ2v) is 3.24. The Balaban J connectivity index is 2.56. The molecule has 1 aliphatic rings. The predicted octanol–water partition coefficient (Wildman–Crippen LogP) is 1.30. The third-order valence-electron chi connectivity index (χ3n) is 1.56. The number of thioether (sulfide) groups is 1. The van der Waals surface area contributed by atoms with Gasteiger partial charge >= 0.3 is 0 Å². The van der Waals surface area contributed by atoms with Crippen LogP contribution in [0.4, 0.5) is 0 Å². The van der Waals surface area contributed by atoms with Crippen molar-refractivity contribution in [3.8, 4) is 0 Å². The molecule has 0 unspecified atom stereocenters. The Morgan fingerprint density at radius 1 is 1.78 bits per heavy atom. The van der Waals surface area contributed by atoms with Crippen LogP contribution < -0.4 is 0 Å². The van der Waals surface area contributed by atoms with Gasteiger partial charge in [-0.1, -0.05) is 11.8 Å². The van der Waals surface area contributed by atoms with Crippen molar-refractivity contribution in [3.63, 3.8) is 0 Å². The highest BCUT2D eigenvalue weighted by Gasteiger charge is 2.12. The molecule has 48 valence electrons. The molecule has 9 heavy (non-hydrogen) atoms. The van der Waals surface area contributed by atoms with Gasteiger partial charge < -0.3 is 4.57 Å². The fraction of sp³-hybridized carbons (Fsp3) is 0.500. The van der Waals surface area contributed by atoms with E-state index in [1.807, 2.05) is 18.0 Å². The molecule has 0 aliphatic carbocycles. The minimum absolute atomic E-state index is 1.14. The molecule has 0 radical (unpaired) electrons. The van der Waals surface area contributed by atoms with Gasteiger partial charge in [-0.05, 0) is 6.92 Å². The molecule has 0 aromatic carbocycles. The molecule has 2 heterocycles. The van der Waals surface area contributed by atoms with Crippen LogP contribution in [0.3, 0.4) is 0 Å². The van der Waals surface area contributed by atoms with E-state index in [-0.39, 0.29) is 0 Å². The lowest BCUT2D eigenvalue weighted by Gasteiger charge is -1.94. The molecule has 0 saturated carbocycles. The van der Waals surface area contributed by atoms with Crippen LogP contribution in [0, 0.1) is 6.92 Å². The highest BCUT2D eigenvalue weighted by atomic mass is 32.2. The lowest BCUT2D eigenvalue weighted by Crippen LogP contribution is -1.94. The van der Waals surface area contributed by atoms with Gasteiger partial charge in [0.2, 0.25) is 0 Å². The molecule has 2 rings (SSSR count). The Morgan fingerprint density at radius 3 is 3.44 bits per heavy atom. The second-order valence-electron chi connectivity index (χ2n) is 2.18. The molecule has 1 aromatic rings. The van der Waals surface area contributed by atoms with Gasteiger partial charge in [0.1, 0.15) is 0 Å². The first-order valence-electron chi connectivity index (χ1n) is 3.03. The number of fused-ring (bicyclic) bond motifs is 1. The number of rotatable bonds is 0. The number of aromatic nitrogens is 2. The summed E-state index contributed by atoms with van der Waals surface area (Å²) in [6.45, 7) is 3.24. The highest BCUT2D eigenvalue weighted by Crippen LogP contribution is 2.24. The van der Waals surface area contributed by atoms with E-state index in [9.17, 15) is 0 Å². The number of aryl methyl sites for hydroxylation is 1. The fourth-order valence-corrected chi connectivity index (χ4v) is 2.03. The van der Waals surface area contributed by atoms with Crippen molar-refractivity contribution in [3.05, 3.63) is 11.9 Å². The Labute approximate surface area is 58.3 Å². The maximum atomic E-state index is 4.22. The Morgan fingerprint density at radius 2 is 2.67 bits per heavy atom. The summed E-state index contributed by atoms with van der Waals surface area (Å²) in [5.74, 6) is 1.20. The van der Waals surface area contributed by atoms with Crippen LogP contribution in [0.5, 0.6) is 0 Å². The first-order valence-corrected chi connectivity index (χ1v) is 4.01. The van der Waals surface area contributed by atoms with Crippen molar-refractivity contribution in [2.24, 2.45) is 0 Å². The van der Waals surface area contributed by atoms with E-state index in [0.29, 0.717) is 0 Å². The summed E-state index contributed by atoms with van der Waals surface area (Å²) in [4.78, 5) is 4.22. The summed E-state index contributed by atoms with van der Waals surface area (Å²) in [6, 6.07) is 0. The average Bonchev–Trinajstić information content (AvgIpc) is 2.35. The molecule has 0 N–H and O–H groups in total. The molecule has 2 nitrogen and oxygen atoms in total. The molecule has 0 amide bonds. The van der Waals surface area contributed by atoms with Crippen molar-refractivity contribution in [1.82, 2.24) is 9.55 Å². The summed E-state index contributed by atoms with van der Waals surface area (Å²) >= 11 is 1.84. The summed E-state index contributed by atoms with van der Waals surface area (Å²) in [5, 5.41) is 1.19. The summed E-state index contributed by atoms with van der Waals surface area (Å²) < 4.78 is 2.25. The van der Waals surface area contributed by atoms with Gasteiger partial charge in [-0.2, -0.15) is 0 Å². The molecular formula is C6H8N2S. The van der Waals surface area contributed by atoms with Gasteiger partial charge in [0.05, 0.1) is 0 Å². The zero-order chi connectivity index (χ0) is 6.27. The summed E-state index contributed by atoms with van der Waals surface area (Å²) in [7, 11) is 0. The zero-order valence-corrected chi connectivity index (χ0v) is 6.11. The Hall–Kier alpha value is -0.440. The SMILES string of the molecule is Cc1cnc2n1CCS2. The van der Waals surface area contributed by atoms with E-state index in [2.05, 4.69) is 16.5 Å². The van der Waals surface area contributed by atoms with Crippen LogP contribution in [-0.2, 0) is 6.54 Å². The van der Waals surface area contributed by atoms with Gasteiger partial charge in [-0.25, -0.2) is 4.98 Å². The first kappa shape index (κ1) is 5.35. The van der Waals surface area contributed by atoms with Crippen molar-refractivity contribution < 1.29 is 0 Å². The molecule has 3 heteroatoms. The van der Waals surface area contributed by atoms with Crippen molar-refractivity contribution in [2.45, 2.75) is 18.6 Å². The third kappa shape index (κ3) is 0.678. The van der Waals surface area contributed by atoms with E-state index in [0.717, 1.165) is 6.54 Å². The molecular weight excluding hydrogens is 132 g/mol. The smallest absolute Gasteiger partial charge is 0.168 e. The number of imidazole rings is 1. The minimum Gasteiger partial charge on any atom is -0.323 e. The van der Waals surface area contributed by atoms with E-state index < -0.39 is 0 Å². The molecule has 0 saturated heterocycles. The number of nitrogens with zero attached hydrogens (tertiary/aromatic N) is 2. The third-order valence-corrected chi connectivity index (χ3v) is 2.54. The van der Waals surface area contributed by atoms with Gasteiger partial charge in [0, 0.05) is 24.2 Å². The molecule has 1 aliphatic heterocycles. The maximum absolute atomic E-state index is 4.22. The second kappa shape index (κ2) is 1.77. The quantitative estimate of drug-likeness (QED) is 0.540. The first-order chi connectivity index (χ1) is 4.38. The van der Waals surface area contributed by atoms with E-state index in [1.165, 1.54) is 16.6 Å². The van der Waals surface area contributed by atoms with Crippen LogP contribution in [-0.4, -0.2) is 15.3 Å². The molecule has 0 fully saturated rings.